The fourth-order valence-corrected chi connectivity index (χ4v) is 2.17. The highest BCUT2D eigenvalue weighted by Crippen LogP contribution is 2.46. The molecule has 0 spiro atoms. The first-order valence-corrected chi connectivity index (χ1v) is 6.10. The Morgan fingerprint density at radius 3 is 2.76 bits per heavy atom. The Balaban J connectivity index is 2.66. The molecular weight excluding hydrogens is 289 g/mol. The number of amidine groups is 1. The normalized spacial score (nSPS) is 24.3. The minimum atomic E-state index is -3.52. The number of anilines is 1. The molecule has 1 aromatic rings. The topological polar surface area (TPSA) is 95.8 Å². The van der Waals surface area contributed by atoms with Gasteiger partial charge in [-0.1, -0.05) is 0 Å². The second kappa shape index (κ2) is 5.40. The van der Waals surface area contributed by atoms with Crippen LogP contribution in [0.4, 0.5) is 19.0 Å². The zero-order chi connectivity index (χ0) is 15.7. The lowest BCUT2D eigenvalue weighted by Gasteiger charge is -2.39. The average Bonchev–Trinajstić information content (AvgIpc) is 2.43. The van der Waals surface area contributed by atoms with E-state index in [-0.39, 0.29) is 18.8 Å². The summed E-state index contributed by atoms with van der Waals surface area (Å²) in [6, 6.07) is 1.68. The number of alkyl halides is 2. The van der Waals surface area contributed by atoms with E-state index in [1.165, 1.54) is 13.2 Å². The van der Waals surface area contributed by atoms with E-state index < -0.39 is 35.6 Å². The Labute approximate surface area is 118 Å². The van der Waals surface area contributed by atoms with Crippen molar-refractivity contribution < 1.29 is 22.6 Å². The molecular formula is C12H15F3N4O2. The van der Waals surface area contributed by atoms with Gasteiger partial charge in [0.1, 0.15) is 17.3 Å². The highest BCUT2D eigenvalue weighted by Gasteiger charge is 2.60. The van der Waals surface area contributed by atoms with E-state index in [2.05, 4.69) is 14.7 Å². The quantitative estimate of drug-likeness (QED) is 0.865. The van der Waals surface area contributed by atoms with Crippen LogP contribution in [0.2, 0.25) is 0 Å². The molecule has 6 nitrogen and oxygen atoms in total. The van der Waals surface area contributed by atoms with E-state index in [4.69, 9.17) is 16.2 Å². The van der Waals surface area contributed by atoms with Gasteiger partial charge < -0.3 is 20.9 Å². The summed E-state index contributed by atoms with van der Waals surface area (Å²) in [5.74, 6) is -4.56. The average molecular weight is 304 g/mol. The number of nitrogen functional groups attached to an aromatic ring is 1. The van der Waals surface area contributed by atoms with E-state index in [9.17, 15) is 13.2 Å². The molecule has 1 aromatic heterocycles. The number of hydrogen-bond donors (Lipinski definition) is 2. The highest BCUT2D eigenvalue weighted by molar-refractivity contribution is 5.73. The van der Waals surface area contributed by atoms with Crippen molar-refractivity contribution in [2.45, 2.75) is 17.9 Å². The fourth-order valence-electron chi connectivity index (χ4n) is 2.17. The minimum absolute atomic E-state index is 0.0950. The summed E-state index contributed by atoms with van der Waals surface area (Å²) in [5.41, 5.74) is 7.99. The smallest absolute Gasteiger partial charge is 0.312 e. The van der Waals surface area contributed by atoms with Crippen molar-refractivity contribution in [3.8, 4) is 0 Å². The largest absolute Gasteiger partial charge is 0.459 e. The van der Waals surface area contributed by atoms with E-state index >= 15 is 0 Å². The molecule has 4 N–H and O–H groups in total. The molecule has 0 saturated carbocycles. The fraction of sp³-hybridized carbons (Fsp3) is 0.500. The molecule has 0 aliphatic carbocycles. The predicted octanol–water partition coefficient (Wildman–Crippen LogP) is 1.01. The summed E-state index contributed by atoms with van der Waals surface area (Å²) in [7, 11) is 1.33. The number of rotatable bonds is 4. The van der Waals surface area contributed by atoms with Gasteiger partial charge in [0.2, 0.25) is 0 Å². The second-order valence-electron chi connectivity index (χ2n) is 4.61. The van der Waals surface area contributed by atoms with E-state index in [0.29, 0.717) is 0 Å². The molecule has 0 aromatic carbocycles. The third-order valence-electron chi connectivity index (χ3n) is 3.23. The van der Waals surface area contributed by atoms with Crippen LogP contribution >= 0.6 is 0 Å². The Kier molecular flexibility index (Phi) is 3.95. The lowest BCUT2D eigenvalue weighted by atomic mass is 9.83. The standard InChI is InChI=1S/C12H15F3N4O2/c1-20-5-4-11(9-7(13)2-3-8(16)18-9)12(14,15)6-21-10(17)19-11/h2-3H,4-6H2,1H3,(H2,16,18)(H2,17,19)/t11-/m0/s1. The van der Waals surface area contributed by atoms with Crippen molar-refractivity contribution in [1.29, 1.82) is 0 Å². The number of nitrogens with zero attached hydrogens (tertiary/aromatic N) is 2. The number of nitrogens with two attached hydrogens (primary N) is 2. The minimum Gasteiger partial charge on any atom is -0.459 e. The maximum Gasteiger partial charge on any atom is 0.312 e. The van der Waals surface area contributed by atoms with Crippen LogP contribution in [0.5, 0.6) is 0 Å². The van der Waals surface area contributed by atoms with Crippen LogP contribution in [0.25, 0.3) is 0 Å². The SMILES string of the molecule is COCC[C@@]1(c2nc(N)ccc2F)N=C(N)OCC1(F)F. The molecule has 1 aliphatic heterocycles. The molecule has 0 radical (unpaired) electrons. The molecule has 0 unspecified atom stereocenters. The lowest BCUT2D eigenvalue weighted by molar-refractivity contribution is -0.131. The van der Waals surface area contributed by atoms with Gasteiger partial charge >= 0.3 is 5.92 Å². The van der Waals surface area contributed by atoms with Gasteiger partial charge in [-0.3, -0.25) is 0 Å². The van der Waals surface area contributed by atoms with Crippen molar-refractivity contribution in [2.24, 2.45) is 10.7 Å². The van der Waals surface area contributed by atoms with E-state index in [1.807, 2.05) is 0 Å². The molecule has 116 valence electrons. The predicted molar refractivity (Wildman–Crippen MR) is 69.3 cm³/mol. The summed E-state index contributed by atoms with van der Waals surface area (Å²) in [6.07, 6.45) is -0.325. The van der Waals surface area contributed by atoms with Crippen molar-refractivity contribution in [1.82, 2.24) is 4.98 Å². The van der Waals surface area contributed by atoms with Crippen molar-refractivity contribution in [3.05, 3.63) is 23.6 Å². The van der Waals surface area contributed by atoms with Crippen LogP contribution < -0.4 is 11.5 Å². The number of ether oxygens (including phenoxy) is 2. The summed E-state index contributed by atoms with van der Waals surface area (Å²) in [4.78, 5) is 7.36. The summed E-state index contributed by atoms with van der Waals surface area (Å²) < 4.78 is 52.3. The van der Waals surface area contributed by atoms with Crippen molar-refractivity contribution in [3.63, 3.8) is 0 Å². The number of pyridine rings is 1. The number of aliphatic imine (C=N–C) groups is 1. The van der Waals surface area contributed by atoms with Crippen LogP contribution in [0.15, 0.2) is 17.1 Å². The van der Waals surface area contributed by atoms with Gasteiger partial charge in [0.15, 0.2) is 12.1 Å². The number of hydrogen-bond acceptors (Lipinski definition) is 6. The molecule has 1 atom stereocenters. The zero-order valence-electron chi connectivity index (χ0n) is 11.3. The molecule has 0 amide bonds. The molecule has 0 bridgehead atoms. The number of halogens is 3. The van der Waals surface area contributed by atoms with E-state index in [1.54, 1.807) is 0 Å². The highest BCUT2D eigenvalue weighted by atomic mass is 19.3. The van der Waals surface area contributed by atoms with E-state index in [0.717, 1.165) is 6.07 Å². The van der Waals surface area contributed by atoms with Gasteiger partial charge in [0.05, 0.1) is 0 Å². The number of methoxy groups -OCH3 is 1. The zero-order valence-corrected chi connectivity index (χ0v) is 11.3. The van der Waals surface area contributed by atoms with Gasteiger partial charge in [0, 0.05) is 20.1 Å². The van der Waals surface area contributed by atoms with Gasteiger partial charge in [-0.2, -0.15) is 8.78 Å². The van der Waals surface area contributed by atoms with Crippen LogP contribution in [0, 0.1) is 5.82 Å². The molecule has 0 saturated heterocycles. The molecule has 1 aliphatic rings. The van der Waals surface area contributed by atoms with Gasteiger partial charge in [-0.05, 0) is 12.1 Å². The molecule has 0 fully saturated rings. The maximum atomic E-state index is 14.4. The summed E-state index contributed by atoms with van der Waals surface area (Å²) in [6.45, 7) is -1.12. The molecule has 9 heteroatoms. The first-order chi connectivity index (χ1) is 9.82. The van der Waals surface area contributed by atoms with Crippen LogP contribution in [0.1, 0.15) is 12.1 Å². The van der Waals surface area contributed by atoms with Crippen LogP contribution in [-0.2, 0) is 15.0 Å². The second-order valence-corrected chi connectivity index (χ2v) is 4.61. The Morgan fingerprint density at radius 2 is 2.10 bits per heavy atom. The Bertz CT molecular complexity index is 567. The third kappa shape index (κ3) is 2.60. The van der Waals surface area contributed by atoms with Gasteiger partial charge in [-0.25, -0.2) is 14.4 Å². The van der Waals surface area contributed by atoms with Crippen LogP contribution in [-0.4, -0.2) is 37.3 Å². The van der Waals surface area contributed by atoms with Crippen molar-refractivity contribution in [2.75, 3.05) is 26.1 Å². The van der Waals surface area contributed by atoms with Gasteiger partial charge in [0.25, 0.3) is 6.02 Å². The number of aromatic nitrogens is 1. The Morgan fingerprint density at radius 1 is 1.38 bits per heavy atom. The summed E-state index contributed by atoms with van der Waals surface area (Å²) >= 11 is 0. The first kappa shape index (κ1) is 15.4. The van der Waals surface area contributed by atoms with Gasteiger partial charge in [-0.15, -0.1) is 0 Å². The summed E-state index contributed by atoms with van der Waals surface area (Å²) in [5, 5.41) is 0. The lowest BCUT2D eigenvalue weighted by Crippen LogP contribution is -2.54. The Hall–Kier alpha value is -2.03. The monoisotopic (exact) mass is 304 g/mol. The third-order valence-corrected chi connectivity index (χ3v) is 3.23. The molecule has 2 rings (SSSR count). The van der Waals surface area contributed by atoms with Crippen molar-refractivity contribution >= 4 is 11.8 Å². The molecule has 21 heavy (non-hydrogen) atoms. The van der Waals surface area contributed by atoms with Crippen LogP contribution in [0.3, 0.4) is 0 Å². The first-order valence-electron chi connectivity index (χ1n) is 6.10. The maximum absolute atomic E-state index is 14.4. The molecule has 2 heterocycles.